The van der Waals surface area contributed by atoms with Crippen LogP contribution in [-0.4, -0.2) is 52.9 Å². The lowest BCUT2D eigenvalue weighted by Crippen LogP contribution is -2.42. The zero-order valence-electron chi connectivity index (χ0n) is 19.0. The molecule has 0 spiro atoms. The molecular formula is C25H29FN6O. The van der Waals surface area contributed by atoms with Gasteiger partial charge in [0.25, 0.3) is 0 Å². The summed E-state index contributed by atoms with van der Waals surface area (Å²) in [5.74, 6) is 0.286. The summed E-state index contributed by atoms with van der Waals surface area (Å²) >= 11 is 0. The van der Waals surface area contributed by atoms with E-state index in [1.165, 1.54) is 12.1 Å². The number of pyridine rings is 1. The molecule has 172 valence electrons. The van der Waals surface area contributed by atoms with Crippen molar-refractivity contribution >= 4 is 11.9 Å². The summed E-state index contributed by atoms with van der Waals surface area (Å²) in [7, 11) is 3.81. The number of rotatable bonds is 7. The van der Waals surface area contributed by atoms with Crippen molar-refractivity contribution in [2.75, 3.05) is 32.1 Å². The number of amides is 1. The fourth-order valence-corrected chi connectivity index (χ4v) is 4.13. The summed E-state index contributed by atoms with van der Waals surface area (Å²) in [4.78, 5) is 30.5. The highest BCUT2D eigenvalue weighted by molar-refractivity contribution is 5.78. The van der Waals surface area contributed by atoms with Crippen LogP contribution in [0.3, 0.4) is 0 Å². The van der Waals surface area contributed by atoms with Gasteiger partial charge >= 0.3 is 0 Å². The Bertz CT molecular complexity index is 1070. The molecule has 33 heavy (non-hydrogen) atoms. The summed E-state index contributed by atoms with van der Waals surface area (Å²) in [6.45, 7) is 1.49. The number of halogens is 1. The second-order valence-electron chi connectivity index (χ2n) is 8.45. The maximum absolute atomic E-state index is 13.5. The van der Waals surface area contributed by atoms with Gasteiger partial charge in [-0.1, -0.05) is 24.6 Å². The predicted octanol–water partition coefficient (Wildman–Crippen LogP) is 3.59. The Balaban J connectivity index is 1.58. The van der Waals surface area contributed by atoms with E-state index in [-0.39, 0.29) is 24.3 Å². The molecule has 0 saturated carbocycles. The van der Waals surface area contributed by atoms with E-state index >= 15 is 0 Å². The van der Waals surface area contributed by atoms with Crippen molar-refractivity contribution in [3.63, 3.8) is 0 Å². The van der Waals surface area contributed by atoms with Gasteiger partial charge in [0.1, 0.15) is 5.82 Å². The quantitative estimate of drug-likeness (QED) is 0.596. The van der Waals surface area contributed by atoms with Crippen LogP contribution in [0.2, 0.25) is 0 Å². The van der Waals surface area contributed by atoms with Gasteiger partial charge in [0.2, 0.25) is 11.9 Å². The molecule has 2 aromatic heterocycles. The third-order valence-electron chi connectivity index (χ3n) is 5.83. The van der Waals surface area contributed by atoms with Crippen molar-refractivity contribution in [2.45, 2.75) is 31.8 Å². The van der Waals surface area contributed by atoms with Crippen LogP contribution in [0, 0.1) is 5.82 Å². The highest BCUT2D eigenvalue weighted by Gasteiger charge is 2.29. The summed E-state index contributed by atoms with van der Waals surface area (Å²) in [6, 6.07) is 12.0. The van der Waals surface area contributed by atoms with Crippen LogP contribution in [0.15, 0.2) is 54.9 Å². The molecule has 1 saturated heterocycles. The molecular weight excluding hydrogens is 419 g/mol. The first kappa shape index (κ1) is 22.8. The van der Waals surface area contributed by atoms with Crippen LogP contribution in [0.5, 0.6) is 0 Å². The molecule has 1 N–H and O–H groups in total. The number of carbonyl (C=O) groups excluding carboxylic acids is 1. The summed E-state index contributed by atoms with van der Waals surface area (Å²) in [5.41, 5.74) is 3.43. The van der Waals surface area contributed by atoms with Gasteiger partial charge in [-0.15, -0.1) is 0 Å². The number of nitrogens with one attached hydrogen (secondary N) is 1. The van der Waals surface area contributed by atoms with Crippen molar-refractivity contribution in [1.82, 2.24) is 25.2 Å². The van der Waals surface area contributed by atoms with E-state index in [0.29, 0.717) is 12.5 Å². The minimum absolute atomic E-state index is 0.0268. The third kappa shape index (κ3) is 5.70. The lowest BCUT2D eigenvalue weighted by molar-refractivity contribution is -0.123. The van der Waals surface area contributed by atoms with Crippen LogP contribution in [0.1, 0.15) is 36.7 Å². The van der Waals surface area contributed by atoms with Gasteiger partial charge in [-0.3, -0.25) is 14.7 Å². The van der Waals surface area contributed by atoms with Gasteiger partial charge in [-0.05, 0) is 49.2 Å². The second kappa shape index (κ2) is 10.5. The van der Waals surface area contributed by atoms with Crippen molar-refractivity contribution in [1.29, 1.82) is 0 Å². The molecule has 3 aromatic rings. The Morgan fingerprint density at radius 1 is 1.15 bits per heavy atom. The Kier molecular flexibility index (Phi) is 7.24. The molecule has 3 heterocycles. The molecule has 0 aliphatic carbocycles. The average Bonchev–Trinajstić information content (AvgIpc) is 2.84. The number of aromatic nitrogens is 3. The van der Waals surface area contributed by atoms with Crippen LogP contribution < -0.4 is 10.2 Å². The Morgan fingerprint density at radius 2 is 1.97 bits per heavy atom. The number of carbonyl (C=O) groups is 1. The minimum atomic E-state index is -0.282. The largest absolute Gasteiger partial charge is 0.349 e. The number of anilines is 1. The van der Waals surface area contributed by atoms with E-state index in [9.17, 15) is 9.18 Å². The average molecular weight is 449 g/mol. The number of hydrogen-bond acceptors (Lipinski definition) is 6. The van der Waals surface area contributed by atoms with E-state index in [2.05, 4.69) is 20.2 Å². The van der Waals surface area contributed by atoms with Crippen molar-refractivity contribution in [2.24, 2.45) is 0 Å². The number of nitrogens with zero attached hydrogens (tertiary/aromatic N) is 5. The smallest absolute Gasteiger partial charge is 0.234 e. The molecule has 1 aromatic carbocycles. The van der Waals surface area contributed by atoms with Gasteiger partial charge in [0.05, 0.1) is 30.5 Å². The van der Waals surface area contributed by atoms with E-state index < -0.39 is 0 Å². The lowest BCUT2D eigenvalue weighted by atomic mass is 9.93. The third-order valence-corrected chi connectivity index (χ3v) is 5.83. The van der Waals surface area contributed by atoms with E-state index in [1.807, 2.05) is 37.2 Å². The highest BCUT2D eigenvalue weighted by Crippen LogP contribution is 2.36. The summed E-state index contributed by atoms with van der Waals surface area (Å²) < 4.78 is 13.5. The Labute approximate surface area is 193 Å². The van der Waals surface area contributed by atoms with Gasteiger partial charge < -0.3 is 10.2 Å². The molecule has 7 nitrogen and oxygen atoms in total. The topological polar surface area (TPSA) is 74.2 Å². The van der Waals surface area contributed by atoms with Crippen LogP contribution in [0.4, 0.5) is 10.3 Å². The molecule has 0 radical (unpaired) electrons. The molecule has 8 heteroatoms. The van der Waals surface area contributed by atoms with Gasteiger partial charge in [0, 0.05) is 32.1 Å². The van der Waals surface area contributed by atoms with Gasteiger partial charge in [-0.25, -0.2) is 14.4 Å². The van der Waals surface area contributed by atoms with Crippen LogP contribution in [-0.2, 0) is 11.3 Å². The molecule has 1 aliphatic rings. The first-order valence-electron chi connectivity index (χ1n) is 11.2. The standard InChI is InChI=1S/C25H29FN6O/c1-31(2)25-29-16-21(18-9-11-19(26)12-10-18)24(30-25)22-8-4-6-14-32(22)17-23(33)28-15-20-7-3-5-13-27-20/h3,5,7,9-13,16,22H,4,6,8,14-15,17H2,1-2H3,(H,28,33)/t22-/m0/s1. The monoisotopic (exact) mass is 448 g/mol. The van der Waals surface area contributed by atoms with Crippen LogP contribution in [0.25, 0.3) is 11.1 Å². The van der Waals surface area contributed by atoms with E-state index in [1.54, 1.807) is 24.5 Å². The van der Waals surface area contributed by atoms with Crippen molar-refractivity contribution < 1.29 is 9.18 Å². The van der Waals surface area contributed by atoms with E-state index in [4.69, 9.17) is 4.98 Å². The Hall–Kier alpha value is -3.39. The molecule has 1 amide bonds. The summed E-state index contributed by atoms with van der Waals surface area (Å²) in [5, 5.41) is 2.97. The lowest BCUT2D eigenvalue weighted by Gasteiger charge is -2.36. The van der Waals surface area contributed by atoms with Crippen molar-refractivity contribution in [3.05, 3.63) is 72.1 Å². The zero-order valence-corrected chi connectivity index (χ0v) is 19.0. The number of benzene rings is 1. The maximum atomic E-state index is 13.5. The molecule has 0 bridgehead atoms. The Morgan fingerprint density at radius 3 is 2.70 bits per heavy atom. The fourth-order valence-electron chi connectivity index (χ4n) is 4.13. The molecule has 4 rings (SSSR count). The first-order chi connectivity index (χ1) is 16.0. The second-order valence-corrected chi connectivity index (χ2v) is 8.45. The SMILES string of the molecule is CN(C)c1ncc(-c2ccc(F)cc2)c([C@@H]2CCCCN2CC(=O)NCc2ccccn2)n1. The molecule has 1 aliphatic heterocycles. The van der Waals surface area contributed by atoms with Crippen LogP contribution >= 0.6 is 0 Å². The van der Waals surface area contributed by atoms with E-state index in [0.717, 1.165) is 48.3 Å². The van der Waals surface area contributed by atoms with Gasteiger partial charge in [-0.2, -0.15) is 0 Å². The fraction of sp³-hybridized carbons (Fsp3) is 0.360. The number of likely N-dealkylation sites (tertiary alicyclic amines) is 1. The first-order valence-corrected chi connectivity index (χ1v) is 11.2. The molecule has 0 unspecified atom stereocenters. The minimum Gasteiger partial charge on any atom is -0.349 e. The predicted molar refractivity (Wildman–Crippen MR) is 126 cm³/mol. The number of hydrogen-bond donors (Lipinski definition) is 1. The maximum Gasteiger partial charge on any atom is 0.234 e. The molecule has 1 fully saturated rings. The van der Waals surface area contributed by atoms with Gasteiger partial charge in [0.15, 0.2) is 0 Å². The molecule has 1 atom stereocenters. The normalized spacial score (nSPS) is 16.4. The summed E-state index contributed by atoms with van der Waals surface area (Å²) in [6.07, 6.45) is 6.50. The van der Waals surface area contributed by atoms with Crippen molar-refractivity contribution in [3.8, 4) is 11.1 Å². The zero-order chi connectivity index (χ0) is 23.2. The highest BCUT2D eigenvalue weighted by atomic mass is 19.1. The number of piperidine rings is 1.